The van der Waals surface area contributed by atoms with Gasteiger partial charge in [-0.2, -0.15) is 0 Å². The molecule has 0 aliphatic heterocycles. The second-order valence-corrected chi connectivity index (χ2v) is 5.81. The normalized spacial score (nSPS) is 11.7. The fourth-order valence-corrected chi connectivity index (χ4v) is 3.26. The minimum atomic E-state index is 0.690. The van der Waals surface area contributed by atoms with Crippen LogP contribution >= 0.6 is 27.5 Å². The SMILES string of the molecule is Clc1ccc2c(c1)oc1c3ccccc3c(Br)cc21. The molecule has 0 bridgehead atoms. The third-order valence-corrected chi connectivity index (χ3v) is 4.28. The molecule has 4 rings (SSSR count). The molecule has 3 heteroatoms. The zero-order valence-corrected chi connectivity index (χ0v) is 12.1. The summed E-state index contributed by atoms with van der Waals surface area (Å²) < 4.78 is 7.07. The van der Waals surface area contributed by atoms with Gasteiger partial charge in [0.05, 0.1) is 0 Å². The molecule has 0 N–H and O–H groups in total. The van der Waals surface area contributed by atoms with Gasteiger partial charge in [0.2, 0.25) is 0 Å². The lowest BCUT2D eigenvalue weighted by molar-refractivity contribution is 0.672. The van der Waals surface area contributed by atoms with Gasteiger partial charge in [-0.05, 0) is 23.6 Å². The first kappa shape index (κ1) is 11.3. The highest BCUT2D eigenvalue weighted by molar-refractivity contribution is 9.10. The van der Waals surface area contributed by atoms with Crippen LogP contribution in [0.25, 0.3) is 32.7 Å². The molecule has 0 aliphatic carbocycles. The molecule has 0 aliphatic rings. The standard InChI is InChI=1S/C16H8BrClO/c17-14-8-13-11-6-5-9(18)7-15(11)19-16(13)12-4-2-1-3-10(12)14/h1-8H. The van der Waals surface area contributed by atoms with Crippen LogP contribution in [-0.2, 0) is 0 Å². The van der Waals surface area contributed by atoms with Crippen molar-refractivity contribution in [1.29, 1.82) is 0 Å². The number of hydrogen-bond acceptors (Lipinski definition) is 1. The Hall–Kier alpha value is -1.51. The molecule has 1 heterocycles. The summed E-state index contributed by atoms with van der Waals surface area (Å²) in [5, 5.41) is 5.15. The number of halogens is 2. The highest BCUT2D eigenvalue weighted by Gasteiger charge is 2.12. The van der Waals surface area contributed by atoms with Crippen molar-refractivity contribution >= 4 is 60.2 Å². The van der Waals surface area contributed by atoms with E-state index in [0.717, 1.165) is 37.2 Å². The molecule has 92 valence electrons. The van der Waals surface area contributed by atoms with Gasteiger partial charge in [-0.15, -0.1) is 0 Å². The van der Waals surface area contributed by atoms with Crippen LogP contribution in [0.5, 0.6) is 0 Å². The van der Waals surface area contributed by atoms with E-state index >= 15 is 0 Å². The van der Waals surface area contributed by atoms with Gasteiger partial charge < -0.3 is 4.42 Å². The van der Waals surface area contributed by atoms with Crippen LogP contribution in [0, 0.1) is 0 Å². The van der Waals surface area contributed by atoms with Crippen molar-refractivity contribution in [2.24, 2.45) is 0 Å². The second-order valence-electron chi connectivity index (χ2n) is 4.52. The second kappa shape index (κ2) is 3.99. The molecular weight excluding hydrogens is 324 g/mol. The molecule has 0 amide bonds. The maximum atomic E-state index is 6.03. The molecule has 19 heavy (non-hydrogen) atoms. The maximum Gasteiger partial charge on any atom is 0.143 e. The summed E-state index contributed by atoms with van der Waals surface area (Å²) in [4.78, 5) is 0. The van der Waals surface area contributed by atoms with E-state index in [1.54, 1.807) is 0 Å². The van der Waals surface area contributed by atoms with Crippen molar-refractivity contribution in [3.8, 4) is 0 Å². The van der Waals surface area contributed by atoms with Crippen LogP contribution in [0.4, 0.5) is 0 Å². The fraction of sp³-hybridized carbons (Fsp3) is 0. The van der Waals surface area contributed by atoms with E-state index < -0.39 is 0 Å². The Labute approximate surface area is 122 Å². The van der Waals surface area contributed by atoms with Crippen LogP contribution in [0.2, 0.25) is 5.02 Å². The molecule has 0 saturated carbocycles. The van der Waals surface area contributed by atoms with E-state index in [2.05, 4.69) is 34.1 Å². The number of benzene rings is 3. The highest BCUT2D eigenvalue weighted by atomic mass is 79.9. The van der Waals surface area contributed by atoms with Crippen LogP contribution in [0.15, 0.2) is 57.4 Å². The lowest BCUT2D eigenvalue weighted by atomic mass is 10.1. The zero-order chi connectivity index (χ0) is 13.0. The number of furan rings is 1. The van der Waals surface area contributed by atoms with Gasteiger partial charge in [0.1, 0.15) is 11.2 Å². The van der Waals surface area contributed by atoms with Gasteiger partial charge in [0.15, 0.2) is 0 Å². The van der Waals surface area contributed by atoms with Gasteiger partial charge in [-0.1, -0.05) is 51.8 Å². The Morgan fingerprint density at radius 2 is 1.63 bits per heavy atom. The number of fused-ring (bicyclic) bond motifs is 5. The average molecular weight is 332 g/mol. The lowest BCUT2D eigenvalue weighted by Crippen LogP contribution is -1.75. The van der Waals surface area contributed by atoms with E-state index in [9.17, 15) is 0 Å². The molecule has 1 aromatic heterocycles. The third kappa shape index (κ3) is 1.60. The van der Waals surface area contributed by atoms with Crippen molar-refractivity contribution in [3.63, 3.8) is 0 Å². The maximum absolute atomic E-state index is 6.03. The fourth-order valence-electron chi connectivity index (χ4n) is 2.53. The summed E-state index contributed by atoms with van der Waals surface area (Å²) >= 11 is 9.66. The van der Waals surface area contributed by atoms with Crippen LogP contribution in [0.3, 0.4) is 0 Å². The molecule has 1 nitrogen and oxygen atoms in total. The van der Waals surface area contributed by atoms with Crippen molar-refractivity contribution in [2.75, 3.05) is 0 Å². The Balaban J connectivity index is 2.31. The van der Waals surface area contributed by atoms with Crippen LogP contribution < -0.4 is 0 Å². The first-order chi connectivity index (χ1) is 9.24. The number of hydrogen-bond donors (Lipinski definition) is 0. The Bertz CT molecular complexity index is 940. The minimum Gasteiger partial charge on any atom is -0.455 e. The monoisotopic (exact) mass is 330 g/mol. The summed E-state index contributed by atoms with van der Waals surface area (Å²) in [6.07, 6.45) is 0. The smallest absolute Gasteiger partial charge is 0.143 e. The summed E-state index contributed by atoms with van der Waals surface area (Å²) in [5.41, 5.74) is 1.74. The third-order valence-electron chi connectivity index (χ3n) is 3.39. The van der Waals surface area contributed by atoms with Gasteiger partial charge in [0, 0.05) is 31.7 Å². The van der Waals surface area contributed by atoms with Gasteiger partial charge in [-0.3, -0.25) is 0 Å². The first-order valence-corrected chi connectivity index (χ1v) is 7.10. The van der Waals surface area contributed by atoms with Crippen molar-refractivity contribution in [3.05, 3.63) is 58.0 Å². The van der Waals surface area contributed by atoms with Gasteiger partial charge >= 0.3 is 0 Å². The van der Waals surface area contributed by atoms with E-state index in [-0.39, 0.29) is 0 Å². The first-order valence-electron chi connectivity index (χ1n) is 5.93. The molecule has 0 saturated heterocycles. The summed E-state index contributed by atoms with van der Waals surface area (Å²) in [6, 6.07) is 16.1. The van der Waals surface area contributed by atoms with E-state index in [4.69, 9.17) is 16.0 Å². The van der Waals surface area contributed by atoms with Crippen LogP contribution in [-0.4, -0.2) is 0 Å². The summed E-state index contributed by atoms with van der Waals surface area (Å²) in [7, 11) is 0. The minimum absolute atomic E-state index is 0.690. The van der Waals surface area contributed by atoms with E-state index in [0.29, 0.717) is 5.02 Å². The Kier molecular flexibility index (Phi) is 2.38. The number of rotatable bonds is 0. The Morgan fingerprint density at radius 1 is 0.842 bits per heavy atom. The molecule has 0 radical (unpaired) electrons. The quantitative estimate of drug-likeness (QED) is 0.376. The predicted molar refractivity (Wildman–Crippen MR) is 83.9 cm³/mol. The zero-order valence-electron chi connectivity index (χ0n) is 9.78. The molecule has 0 fully saturated rings. The summed E-state index contributed by atoms with van der Waals surface area (Å²) in [5.74, 6) is 0. The topological polar surface area (TPSA) is 13.1 Å². The van der Waals surface area contributed by atoms with Crippen molar-refractivity contribution < 1.29 is 4.42 Å². The van der Waals surface area contributed by atoms with Gasteiger partial charge in [0.25, 0.3) is 0 Å². The molecule has 0 spiro atoms. The molecule has 0 unspecified atom stereocenters. The molecular formula is C16H8BrClO. The molecule has 4 aromatic rings. The molecule has 3 aromatic carbocycles. The van der Waals surface area contributed by atoms with Crippen molar-refractivity contribution in [2.45, 2.75) is 0 Å². The van der Waals surface area contributed by atoms with Crippen LogP contribution in [0.1, 0.15) is 0 Å². The largest absolute Gasteiger partial charge is 0.455 e. The Morgan fingerprint density at radius 3 is 2.47 bits per heavy atom. The molecule has 0 atom stereocenters. The lowest BCUT2D eigenvalue weighted by Gasteiger charge is -2.01. The summed E-state index contributed by atoms with van der Waals surface area (Å²) in [6.45, 7) is 0. The van der Waals surface area contributed by atoms with Crippen molar-refractivity contribution in [1.82, 2.24) is 0 Å². The highest BCUT2D eigenvalue weighted by Crippen LogP contribution is 2.38. The average Bonchev–Trinajstić information content (AvgIpc) is 2.77. The van der Waals surface area contributed by atoms with Gasteiger partial charge in [-0.25, -0.2) is 0 Å². The predicted octanol–water partition coefficient (Wildman–Crippen LogP) is 6.16. The van der Waals surface area contributed by atoms with E-state index in [1.807, 2.05) is 30.3 Å². The van der Waals surface area contributed by atoms with E-state index in [1.165, 1.54) is 0 Å².